The molecule has 0 amide bonds. The minimum Gasteiger partial charge on any atom is -0.221 e. The van der Waals surface area contributed by atoms with E-state index in [2.05, 4.69) is 10.1 Å². The number of fused-ring (bicyclic) bond motifs is 1. The number of aryl methyl sites for hydroxylation is 1. The fourth-order valence-electron chi connectivity index (χ4n) is 2.02. The molecule has 0 fully saturated rings. The number of halogens is 1. The zero-order valence-corrected chi connectivity index (χ0v) is 10.0. The van der Waals surface area contributed by atoms with E-state index in [9.17, 15) is 0 Å². The number of aromatic nitrogens is 3. The summed E-state index contributed by atoms with van der Waals surface area (Å²) in [5.74, 6) is 0. The van der Waals surface area contributed by atoms with E-state index < -0.39 is 0 Å². The molecule has 3 rings (SSSR count). The van der Waals surface area contributed by atoms with Crippen LogP contribution in [-0.2, 0) is 0 Å². The molecule has 0 bridgehead atoms. The van der Waals surface area contributed by atoms with E-state index in [0.29, 0.717) is 0 Å². The van der Waals surface area contributed by atoms with Crippen molar-refractivity contribution in [2.24, 2.45) is 0 Å². The van der Waals surface area contributed by atoms with E-state index in [1.165, 1.54) is 0 Å². The summed E-state index contributed by atoms with van der Waals surface area (Å²) in [5, 5.41) is 4.86. The van der Waals surface area contributed by atoms with Gasteiger partial charge in [0, 0.05) is 22.3 Å². The van der Waals surface area contributed by atoms with E-state index in [4.69, 9.17) is 11.6 Å². The van der Waals surface area contributed by atoms with Crippen molar-refractivity contribution in [2.75, 3.05) is 0 Å². The first-order valence-electron chi connectivity index (χ1n) is 5.31. The molecular weight excluding hydrogens is 234 g/mol. The van der Waals surface area contributed by atoms with Gasteiger partial charge in [-0.25, -0.2) is 9.50 Å². The third kappa shape index (κ3) is 1.59. The Kier molecular flexibility index (Phi) is 2.34. The molecule has 0 radical (unpaired) electrons. The van der Waals surface area contributed by atoms with Crippen LogP contribution in [0.25, 0.3) is 16.8 Å². The summed E-state index contributed by atoms with van der Waals surface area (Å²) in [5.41, 5.74) is 3.98. The zero-order chi connectivity index (χ0) is 11.8. The number of pyridine rings is 1. The van der Waals surface area contributed by atoms with E-state index in [1.54, 1.807) is 10.8 Å². The normalized spacial score (nSPS) is 10.9. The van der Waals surface area contributed by atoms with Crippen LogP contribution in [0.1, 0.15) is 5.56 Å². The van der Waals surface area contributed by atoms with Crippen molar-refractivity contribution < 1.29 is 0 Å². The molecule has 1 aromatic carbocycles. The molecular formula is C13H10ClN3. The van der Waals surface area contributed by atoms with Crippen molar-refractivity contribution in [3.8, 4) is 11.1 Å². The molecule has 0 atom stereocenters. The smallest absolute Gasteiger partial charge is 0.163 e. The second kappa shape index (κ2) is 3.86. The van der Waals surface area contributed by atoms with Crippen molar-refractivity contribution in [1.29, 1.82) is 0 Å². The summed E-state index contributed by atoms with van der Waals surface area (Å²) in [6, 6.07) is 9.84. The largest absolute Gasteiger partial charge is 0.221 e. The van der Waals surface area contributed by atoms with Gasteiger partial charge in [0.05, 0.1) is 0 Å². The number of hydrogen-bond acceptors (Lipinski definition) is 2. The lowest BCUT2D eigenvalue weighted by molar-refractivity contribution is 0.962. The Morgan fingerprint density at radius 1 is 1.18 bits per heavy atom. The Labute approximate surface area is 104 Å². The van der Waals surface area contributed by atoms with Crippen LogP contribution in [-0.4, -0.2) is 14.6 Å². The maximum Gasteiger partial charge on any atom is 0.163 e. The second-order valence-electron chi connectivity index (χ2n) is 3.88. The van der Waals surface area contributed by atoms with Crippen LogP contribution in [0, 0.1) is 6.92 Å². The van der Waals surface area contributed by atoms with E-state index in [1.807, 2.05) is 43.5 Å². The van der Waals surface area contributed by atoms with Crippen molar-refractivity contribution >= 4 is 17.2 Å². The summed E-state index contributed by atoms with van der Waals surface area (Å²) in [4.78, 5) is 4.27. The van der Waals surface area contributed by atoms with Gasteiger partial charge in [-0.2, -0.15) is 5.10 Å². The summed E-state index contributed by atoms with van der Waals surface area (Å²) in [6.45, 7) is 2.04. The van der Waals surface area contributed by atoms with Gasteiger partial charge in [-0.15, -0.1) is 0 Å². The summed E-state index contributed by atoms with van der Waals surface area (Å²) >= 11 is 6.27. The van der Waals surface area contributed by atoms with Crippen molar-refractivity contribution in [2.45, 2.75) is 6.92 Å². The van der Waals surface area contributed by atoms with Gasteiger partial charge in [0.1, 0.15) is 6.33 Å². The molecule has 2 heterocycles. The van der Waals surface area contributed by atoms with Gasteiger partial charge in [-0.05, 0) is 30.7 Å². The van der Waals surface area contributed by atoms with Gasteiger partial charge in [-0.1, -0.05) is 23.7 Å². The number of benzene rings is 1. The molecule has 0 saturated carbocycles. The quantitative estimate of drug-likeness (QED) is 0.656. The lowest BCUT2D eigenvalue weighted by Gasteiger charge is -2.08. The molecule has 0 saturated heterocycles. The van der Waals surface area contributed by atoms with Gasteiger partial charge in [-0.3, -0.25) is 0 Å². The topological polar surface area (TPSA) is 30.2 Å². The number of rotatable bonds is 1. The first-order chi connectivity index (χ1) is 8.27. The maximum atomic E-state index is 6.27. The average molecular weight is 244 g/mol. The van der Waals surface area contributed by atoms with Crippen LogP contribution in [0.4, 0.5) is 0 Å². The van der Waals surface area contributed by atoms with Gasteiger partial charge in [0.25, 0.3) is 0 Å². The highest BCUT2D eigenvalue weighted by atomic mass is 35.5. The molecule has 2 aromatic heterocycles. The predicted octanol–water partition coefficient (Wildman–Crippen LogP) is 3.36. The Balaban J connectivity index is 2.38. The Morgan fingerprint density at radius 2 is 2.06 bits per heavy atom. The molecule has 0 N–H and O–H groups in total. The Hall–Kier alpha value is -1.87. The fraction of sp³-hybridized carbons (Fsp3) is 0.0769. The van der Waals surface area contributed by atoms with Crippen LogP contribution in [0.5, 0.6) is 0 Å². The minimum absolute atomic E-state index is 0.737. The molecule has 4 heteroatoms. The maximum absolute atomic E-state index is 6.27. The van der Waals surface area contributed by atoms with Crippen LogP contribution in [0.3, 0.4) is 0 Å². The lowest BCUT2D eigenvalue weighted by atomic mass is 10.0. The third-order valence-electron chi connectivity index (χ3n) is 2.80. The second-order valence-corrected chi connectivity index (χ2v) is 4.29. The van der Waals surface area contributed by atoms with Gasteiger partial charge < -0.3 is 0 Å². The molecule has 3 nitrogen and oxygen atoms in total. The zero-order valence-electron chi connectivity index (χ0n) is 9.26. The van der Waals surface area contributed by atoms with Crippen LogP contribution < -0.4 is 0 Å². The summed E-state index contributed by atoms with van der Waals surface area (Å²) < 4.78 is 1.75. The molecule has 0 aliphatic carbocycles. The molecule has 0 aliphatic rings. The highest BCUT2D eigenvalue weighted by Gasteiger charge is 2.11. The predicted molar refractivity (Wildman–Crippen MR) is 68.2 cm³/mol. The highest BCUT2D eigenvalue weighted by Crippen LogP contribution is 2.32. The molecule has 0 spiro atoms. The van der Waals surface area contributed by atoms with Gasteiger partial charge in [0.15, 0.2) is 5.65 Å². The number of nitrogens with zero attached hydrogens (tertiary/aromatic N) is 3. The first kappa shape index (κ1) is 10.3. The molecule has 3 aromatic rings. The van der Waals surface area contributed by atoms with E-state index >= 15 is 0 Å². The van der Waals surface area contributed by atoms with Gasteiger partial charge >= 0.3 is 0 Å². The lowest BCUT2D eigenvalue weighted by Crippen LogP contribution is -1.92. The minimum atomic E-state index is 0.737. The van der Waals surface area contributed by atoms with Crippen LogP contribution in [0.2, 0.25) is 5.02 Å². The molecule has 0 unspecified atom stereocenters. The van der Waals surface area contributed by atoms with E-state index in [-0.39, 0.29) is 0 Å². The van der Waals surface area contributed by atoms with Crippen molar-refractivity contribution in [1.82, 2.24) is 14.6 Å². The number of hydrogen-bond donors (Lipinski definition) is 0. The third-order valence-corrected chi connectivity index (χ3v) is 3.11. The highest BCUT2D eigenvalue weighted by molar-refractivity contribution is 6.33. The Morgan fingerprint density at radius 3 is 2.88 bits per heavy atom. The first-order valence-corrected chi connectivity index (χ1v) is 5.69. The Bertz CT molecular complexity index is 668. The molecule has 17 heavy (non-hydrogen) atoms. The molecule has 84 valence electrons. The summed E-state index contributed by atoms with van der Waals surface area (Å²) in [7, 11) is 0. The van der Waals surface area contributed by atoms with Crippen LogP contribution in [0.15, 0.2) is 42.9 Å². The van der Waals surface area contributed by atoms with Crippen molar-refractivity contribution in [3.05, 3.63) is 53.4 Å². The van der Waals surface area contributed by atoms with Crippen molar-refractivity contribution in [3.63, 3.8) is 0 Å². The monoisotopic (exact) mass is 243 g/mol. The van der Waals surface area contributed by atoms with Crippen LogP contribution >= 0.6 is 11.6 Å². The van der Waals surface area contributed by atoms with Gasteiger partial charge in [0.2, 0.25) is 0 Å². The fourth-order valence-corrected chi connectivity index (χ4v) is 2.34. The molecule has 0 aliphatic heterocycles. The standard InChI is InChI=1S/C13H10ClN3/c1-9-4-2-6-11(14)12(9)10-5-3-7-17-13(10)15-8-16-17/h2-8H,1H3. The average Bonchev–Trinajstić information content (AvgIpc) is 2.77. The summed E-state index contributed by atoms with van der Waals surface area (Å²) in [6.07, 6.45) is 3.42. The SMILES string of the molecule is Cc1cccc(Cl)c1-c1cccn2ncnc12. The van der Waals surface area contributed by atoms with E-state index in [0.717, 1.165) is 27.4 Å².